The van der Waals surface area contributed by atoms with Crippen LogP contribution in [0.5, 0.6) is 0 Å². The average Bonchev–Trinajstić information content (AvgIpc) is 3.46. The molecule has 7 nitrogen and oxygen atoms in total. The molecule has 1 heterocycles. The molecule has 28 heavy (non-hydrogen) atoms. The first kappa shape index (κ1) is 20.6. The molecule has 3 N–H and O–H groups in total. The summed E-state index contributed by atoms with van der Waals surface area (Å²) in [6.07, 6.45) is -0.476. The van der Waals surface area contributed by atoms with Gasteiger partial charge < -0.3 is 20.7 Å². The van der Waals surface area contributed by atoms with Crippen molar-refractivity contribution in [2.45, 2.75) is 25.3 Å². The molecule has 1 aliphatic carbocycles. The molecule has 3 rings (SSSR count). The highest BCUT2D eigenvalue weighted by Gasteiger charge is 2.29. The Labute approximate surface area is 162 Å². The van der Waals surface area contributed by atoms with E-state index in [2.05, 4.69) is 5.32 Å². The summed E-state index contributed by atoms with van der Waals surface area (Å²) < 4.78 is 32.3. The lowest BCUT2D eigenvalue weighted by Crippen LogP contribution is -2.47. The second kappa shape index (κ2) is 8.93. The van der Waals surface area contributed by atoms with E-state index in [4.69, 9.17) is 10.5 Å². The number of rotatable bonds is 8. The van der Waals surface area contributed by atoms with Crippen molar-refractivity contribution in [1.82, 2.24) is 4.90 Å². The van der Waals surface area contributed by atoms with Crippen molar-refractivity contribution in [3.8, 4) is 0 Å². The van der Waals surface area contributed by atoms with Gasteiger partial charge >= 0.3 is 0 Å². The fourth-order valence-corrected chi connectivity index (χ4v) is 3.37. The third kappa shape index (κ3) is 4.84. The second-order valence-corrected chi connectivity index (χ2v) is 7.30. The molecule has 0 aromatic heterocycles. The van der Waals surface area contributed by atoms with E-state index in [1.807, 2.05) is 11.9 Å². The lowest BCUT2D eigenvalue weighted by atomic mass is 10.1. The van der Waals surface area contributed by atoms with Crippen LogP contribution in [0.25, 0.3) is 0 Å². The maximum atomic E-state index is 13.6. The molecular weight excluding hydrogens is 370 g/mol. The number of ether oxygens (including phenoxy) is 1. The van der Waals surface area contributed by atoms with Gasteiger partial charge in [0.15, 0.2) is 0 Å². The number of alkyl halides is 2. The number of morpholine rings is 1. The highest BCUT2D eigenvalue weighted by molar-refractivity contribution is 5.97. The highest BCUT2D eigenvalue weighted by Crippen LogP contribution is 2.33. The summed E-state index contributed by atoms with van der Waals surface area (Å²) in [7, 11) is 1.84. The molecule has 2 amide bonds. The third-order valence-electron chi connectivity index (χ3n) is 5.11. The van der Waals surface area contributed by atoms with Crippen LogP contribution in [-0.2, 0) is 14.3 Å². The van der Waals surface area contributed by atoms with Crippen LogP contribution in [0, 0.1) is 5.92 Å². The number of halogens is 2. The van der Waals surface area contributed by atoms with Crippen LogP contribution in [0.4, 0.5) is 20.2 Å². The van der Waals surface area contributed by atoms with E-state index in [0.717, 1.165) is 19.4 Å². The fourth-order valence-electron chi connectivity index (χ4n) is 3.37. The summed E-state index contributed by atoms with van der Waals surface area (Å²) in [6, 6.07) is 3.65. The van der Waals surface area contributed by atoms with Crippen LogP contribution >= 0.6 is 0 Å². The molecule has 1 aromatic carbocycles. The van der Waals surface area contributed by atoms with Gasteiger partial charge in [-0.25, -0.2) is 8.78 Å². The lowest BCUT2D eigenvalue weighted by Gasteiger charge is -2.29. The Morgan fingerprint density at radius 2 is 2.18 bits per heavy atom. The number of nitrogens with zero attached hydrogens (tertiary/aromatic N) is 2. The first-order valence-electron chi connectivity index (χ1n) is 9.42. The molecule has 1 saturated carbocycles. The van der Waals surface area contributed by atoms with E-state index in [1.165, 1.54) is 23.1 Å². The normalized spacial score (nSPS) is 18.6. The molecule has 0 unspecified atom stereocenters. The number of hydrogen-bond acceptors (Lipinski definition) is 5. The molecule has 2 aliphatic rings. The Morgan fingerprint density at radius 1 is 1.43 bits per heavy atom. The van der Waals surface area contributed by atoms with Crippen molar-refractivity contribution >= 4 is 23.2 Å². The van der Waals surface area contributed by atoms with Crippen LogP contribution in [-0.4, -0.2) is 62.7 Å². The minimum absolute atomic E-state index is 0.132. The number of carbonyl (C=O) groups excluding carboxylic acids is 2. The molecule has 0 spiro atoms. The van der Waals surface area contributed by atoms with Crippen molar-refractivity contribution < 1.29 is 23.1 Å². The number of nitrogens with one attached hydrogen (secondary N) is 1. The zero-order chi connectivity index (χ0) is 20.3. The Bertz CT molecular complexity index is 727. The first-order valence-corrected chi connectivity index (χ1v) is 9.42. The van der Waals surface area contributed by atoms with E-state index < -0.39 is 12.5 Å². The number of nitrogens with two attached hydrogens (primary N) is 1. The van der Waals surface area contributed by atoms with Gasteiger partial charge in [-0.15, -0.1) is 0 Å². The molecule has 0 bridgehead atoms. The lowest BCUT2D eigenvalue weighted by molar-refractivity contribution is -0.125. The van der Waals surface area contributed by atoms with Gasteiger partial charge in [-0.1, -0.05) is 0 Å². The number of amides is 2. The monoisotopic (exact) mass is 396 g/mol. The second-order valence-electron chi connectivity index (χ2n) is 7.30. The zero-order valence-electron chi connectivity index (χ0n) is 15.9. The topological polar surface area (TPSA) is 87.9 Å². The van der Waals surface area contributed by atoms with Crippen LogP contribution in [0.3, 0.4) is 0 Å². The smallest absolute Gasteiger partial charge is 0.265 e. The van der Waals surface area contributed by atoms with Crippen molar-refractivity contribution in [2.75, 3.05) is 50.1 Å². The number of benzene rings is 1. The number of likely N-dealkylation sites (N-methyl/N-ethyl adjacent to an activating group) is 1. The summed E-state index contributed by atoms with van der Waals surface area (Å²) in [5.74, 6) is -0.0986. The van der Waals surface area contributed by atoms with Gasteiger partial charge in [0.1, 0.15) is 12.6 Å². The number of hydrogen-bond donors (Lipinski definition) is 2. The zero-order valence-corrected chi connectivity index (χ0v) is 15.9. The fraction of sp³-hybridized carbons (Fsp3) is 0.579. The van der Waals surface area contributed by atoms with Crippen molar-refractivity contribution in [3.63, 3.8) is 0 Å². The van der Waals surface area contributed by atoms with Gasteiger partial charge in [-0.05, 0) is 44.0 Å². The van der Waals surface area contributed by atoms with E-state index in [-0.39, 0.29) is 48.4 Å². The van der Waals surface area contributed by atoms with Crippen LogP contribution < -0.4 is 16.0 Å². The number of anilines is 2. The summed E-state index contributed by atoms with van der Waals surface area (Å²) in [4.78, 5) is 27.8. The average molecular weight is 396 g/mol. The Kier molecular flexibility index (Phi) is 6.58. The maximum Gasteiger partial charge on any atom is 0.265 e. The third-order valence-corrected chi connectivity index (χ3v) is 5.11. The summed E-state index contributed by atoms with van der Waals surface area (Å²) >= 11 is 0. The first-order chi connectivity index (χ1) is 13.4. The van der Waals surface area contributed by atoms with Gasteiger partial charge in [0, 0.05) is 30.9 Å². The summed E-state index contributed by atoms with van der Waals surface area (Å²) in [5.41, 5.74) is 5.85. The minimum Gasteiger partial charge on any atom is -0.370 e. The van der Waals surface area contributed by atoms with Crippen molar-refractivity contribution in [3.05, 3.63) is 23.8 Å². The molecule has 1 aliphatic heterocycles. The molecule has 154 valence electrons. The standard InChI is InChI=1S/C19H26F2N4O3/c1-24(10-12-2-3-12)16(9-22)19(27)23-13-4-5-15(14(8-13)18(20)21)25-6-7-28-11-17(25)26/h4-5,8,12,16,18H,2-3,6-7,9-11,22H2,1H3,(H,23,27)/t16-/m0/s1. The van der Waals surface area contributed by atoms with E-state index >= 15 is 0 Å². The predicted octanol–water partition coefficient (Wildman–Crippen LogP) is 1.59. The van der Waals surface area contributed by atoms with E-state index in [0.29, 0.717) is 12.5 Å². The van der Waals surface area contributed by atoms with Gasteiger partial charge in [0.2, 0.25) is 5.91 Å². The highest BCUT2D eigenvalue weighted by atomic mass is 19.3. The van der Waals surface area contributed by atoms with E-state index in [1.54, 1.807) is 0 Å². The maximum absolute atomic E-state index is 13.6. The molecule has 0 radical (unpaired) electrons. The molecule has 1 saturated heterocycles. The Hall–Kier alpha value is -2.10. The summed E-state index contributed by atoms with van der Waals surface area (Å²) in [5, 5.41) is 2.68. The molecule has 9 heteroatoms. The molecule has 2 fully saturated rings. The van der Waals surface area contributed by atoms with Crippen LogP contribution in [0.1, 0.15) is 24.8 Å². The molecular formula is C19H26F2N4O3. The van der Waals surface area contributed by atoms with Gasteiger partial charge in [-0.2, -0.15) is 0 Å². The van der Waals surface area contributed by atoms with Crippen molar-refractivity contribution in [1.29, 1.82) is 0 Å². The van der Waals surface area contributed by atoms with Crippen LogP contribution in [0.15, 0.2) is 18.2 Å². The quantitative estimate of drug-likeness (QED) is 0.697. The minimum atomic E-state index is -2.79. The summed E-state index contributed by atoms with van der Waals surface area (Å²) in [6.45, 7) is 1.29. The van der Waals surface area contributed by atoms with Gasteiger partial charge in [0.25, 0.3) is 12.3 Å². The Balaban J connectivity index is 1.75. The van der Waals surface area contributed by atoms with Gasteiger partial charge in [0.05, 0.1) is 12.3 Å². The SMILES string of the molecule is CN(CC1CC1)[C@@H](CN)C(=O)Nc1ccc(N2CCOCC2=O)c(C(F)F)c1. The van der Waals surface area contributed by atoms with Crippen LogP contribution in [0.2, 0.25) is 0 Å². The van der Waals surface area contributed by atoms with Gasteiger partial charge in [-0.3, -0.25) is 14.5 Å². The predicted molar refractivity (Wildman–Crippen MR) is 101 cm³/mol. The van der Waals surface area contributed by atoms with Crippen molar-refractivity contribution in [2.24, 2.45) is 11.7 Å². The number of carbonyl (C=O) groups is 2. The molecule has 1 aromatic rings. The Morgan fingerprint density at radius 3 is 2.79 bits per heavy atom. The molecule has 1 atom stereocenters. The largest absolute Gasteiger partial charge is 0.370 e. The van der Waals surface area contributed by atoms with E-state index in [9.17, 15) is 18.4 Å².